The topological polar surface area (TPSA) is 68.8 Å². The van der Waals surface area contributed by atoms with Crippen molar-refractivity contribution in [1.82, 2.24) is 10.6 Å². The molecule has 2 aromatic rings. The van der Waals surface area contributed by atoms with Crippen LogP contribution in [0.5, 0.6) is 17.2 Å². The Hall–Kier alpha value is -3.03. The summed E-state index contributed by atoms with van der Waals surface area (Å²) in [6.45, 7) is 2.66. The highest BCUT2D eigenvalue weighted by atomic mass is 19.3. The fraction of sp³-hybridized carbons (Fsp3) is 0.409. The predicted octanol–water partition coefficient (Wildman–Crippen LogP) is 4.65. The van der Waals surface area contributed by atoms with Gasteiger partial charge in [-0.1, -0.05) is 32.0 Å². The molecular weight excluding hydrogens is 394 g/mol. The van der Waals surface area contributed by atoms with Gasteiger partial charge in [0.15, 0.2) is 11.5 Å². The Bertz CT molecular complexity index is 844. The third kappa shape index (κ3) is 5.98. The minimum atomic E-state index is -2.86. The van der Waals surface area contributed by atoms with Crippen LogP contribution < -0.4 is 24.8 Å². The Morgan fingerprint density at radius 2 is 1.77 bits per heavy atom. The Balaban J connectivity index is 1.60. The van der Waals surface area contributed by atoms with E-state index in [2.05, 4.69) is 15.4 Å². The minimum absolute atomic E-state index is 0.0764. The van der Waals surface area contributed by atoms with E-state index in [1.54, 1.807) is 12.1 Å². The summed E-state index contributed by atoms with van der Waals surface area (Å²) in [6, 6.07) is 11.3. The fourth-order valence-electron chi connectivity index (χ4n) is 3.17. The lowest BCUT2D eigenvalue weighted by Gasteiger charge is -2.24. The summed E-state index contributed by atoms with van der Waals surface area (Å²) in [4.78, 5) is 12.5. The van der Waals surface area contributed by atoms with Gasteiger partial charge in [-0.05, 0) is 41.3 Å². The molecule has 0 fully saturated rings. The van der Waals surface area contributed by atoms with E-state index in [0.29, 0.717) is 24.7 Å². The number of fused-ring (bicyclic) bond motifs is 1. The summed E-state index contributed by atoms with van der Waals surface area (Å²) in [7, 11) is 0. The number of halogens is 2. The molecule has 0 spiro atoms. The van der Waals surface area contributed by atoms with Crippen molar-refractivity contribution in [3.05, 3.63) is 53.6 Å². The van der Waals surface area contributed by atoms with Gasteiger partial charge in [-0.15, -0.1) is 0 Å². The molecule has 162 valence electrons. The van der Waals surface area contributed by atoms with Crippen molar-refractivity contribution in [1.29, 1.82) is 0 Å². The second-order valence-corrected chi connectivity index (χ2v) is 7.33. The molecule has 0 saturated heterocycles. The van der Waals surface area contributed by atoms with Gasteiger partial charge in [0.25, 0.3) is 0 Å². The van der Waals surface area contributed by atoms with Crippen molar-refractivity contribution in [3.8, 4) is 17.2 Å². The molecule has 2 amide bonds. The second kappa shape index (κ2) is 10.1. The summed E-state index contributed by atoms with van der Waals surface area (Å²) in [6.07, 6.45) is 0.827. The number of benzene rings is 2. The lowest BCUT2D eigenvalue weighted by Crippen LogP contribution is -2.39. The SMILES string of the molecule is CC(C)[C@H](NC(=O)NCc1ccc(OC(F)F)cc1)c1ccc2c(c1)OCCCO2. The largest absolute Gasteiger partial charge is 0.490 e. The number of ether oxygens (including phenoxy) is 3. The highest BCUT2D eigenvalue weighted by Crippen LogP contribution is 2.34. The number of amides is 2. The normalized spacial score (nSPS) is 14.2. The van der Waals surface area contributed by atoms with Gasteiger partial charge < -0.3 is 24.8 Å². The minimum Gasteiger partial charge on any atom is -0.490 e. The molecule has 0 saturated carbocycles. The maximum absolute atomic E-state index is 12.5. The number of carbonyl (C=O) groups excluding carboxylic acids is 1. The lowest BCUT2D eigenvalue weighted by molar-refractivity contribution is -0.0498. The van der Waals surface area contributed by atoms with Gasteiger partial charge in [-0.2, -0.15) is 8.78 Å². The molecule has 6 nitrogen and oxygen atoms in total. The summed E-state index contributed by atoms with van der Waals surface area (Å²) < 4.78 is 40.2. The van der Waals surface area contributed by atoms with Gasteiger partial charge >= 0.3 is 12.6 Å². The quantitative estimate of drug-likeness (QED) is 0.684. The summed E-state index contributed by atoms with van der Waals surface area (Å²) in [5.74, 6) is 1.62. The zero-order valence-electron chi connectivity index (χ0n) is 17.0. The molecule has 2 N–H and O–H groups in total. The number of hydrogen-bond acceptors (Lipinski definition) is 4. The van der Waals surface area contributed by atoms with Crippen LogP contribution in [0.2, 0.25) is 0 Å². The van der Waals surface area contributed by atoms with E-state index in [1.807, 2.05) is 32.0 Å². The molecule has 3 rings (SSSR count). The van der Waals surface area contributed by atoms with E-state index in [1.165, 1.54) is 12.1 Å². The smallest absolute Gasteiger partial charge is 0.387 e. The van der Waals surface area contributed by atoms with E-state index < -0.39 is 6.61 Å². The van der Waals surface area contributed by atoms with E-state index in [-0.39, 0.29) is 30.3 Å². The third-order valence-corrected chi connectivity index (χ3v) is 4.69. The van der Waals surface area contributed by atoms with Crippen molar-refractivity contribution < 1.29 is 27.8 Å². The molecule has 2 aromatic carbocycles. The van der Waals surface area contributed by atoms with Crippen LogP contribution in [0.3, 0.4) is 0 Å². The van der Waals surface area contributed by atoms with Gasteiger partial charge in [0.05, 0.1) is 19.3 Å². The van der Waals surface area contributed by atoms with E-state index in [4.69, 9.17) is 9.47 Å². The number of alkyl halides is 2. The molecule has 30 heavy (non-hydrogen) atoms. The van der Waals surface area contributed by atoms with Crippen molar-refractivity contribution >= 4 is 6.03 Å². The van der Waals surface area contributed by atoms with Crippen LogP contribution in [0.25, 0.3) is 0 Å². The Morgan fingerprint density at radius 3 is 2.43 bits per heavy atom. The number of carbonyl (C=O) groups is 1. The van der Waals surface area contributed by atoms with Crippen LogP contribution in [0.15, 0.2) is 42.5 Å². The van der Waals surface area contributed by atoms with Crippen molar-refractivity contribution in [2.75, 3.05) is 13.2 Å². The summed E-state index contributed by atoms with van der Waals surface area (Å²) in [5.41, 5.74) is 1.70. The van der Waals surface area contributed by atoms with Crippen LogP contribution in [0.1, 0.15) is 37.4 Å². The standard InChI is InChI=1S/C22H26F2N2O4/c1-14(2)20(16-6-9-18-19(12-16)29-11-3-10-28-18)26-22(27)25-13-15-4-7-17(8-5-15)30-21(23)24/h4-9,12,14,20-21H,3,10-11,13H2,1-2H3,(H2,25,26,27)/t20-/m0/s1. The van der Waals surface area contributed by atoms with Crippen LogP contribution in [-0.2, 0) is 6.54 Å². The van der Waals surface area contributed by atoms with E-state index >= 15 is 0 Å². The number of urea groups is 1. The van der Waals surface area contributed by atoms with Crippen LogP contribution in [0, 0.1) is 5.92 Å². The van der Waals surface area contributed by atoms with Crippen LogP contribution in [0.4, 0.5) is 13.6 Å². The average molecular weight is 420 g/mol. The maximum Gasteiger partial charge on any atom is 0.387 e. The van der Waals surface area contributed by atoms with Gasteiger partial charge in [-0.25, -0.2) is 4.79 Å². The molecule has 0 aliphatic carbocycles. The first-order valence-corrected chi connectivity index (χ1v) is 9.90. The molecule has 0 bridgehead atoms. The first kappa shape index (κ1) is 21.7. The average Bonchev–Trinajstić information content (AvgIpc) is 2.95. The highest BCUT2D eigenvalue weighted by molar-refractivity contribution is 5.74. The molecular formula is C22H26F2N2O4. The zero-order valence-corrected chi connectivity index (χ0v) is 17.0. The van der Waals surface area contributed by atoms with Crippen molar-refractivity contribution in [2.45, 2.75) is 39.5 Å². The van der Waals surface area contributed by atoms with Crippen LogP contribution in [-0.4, -0.2) is 25.9 Å². The Morgan fingerprint density at radius 1 is 1.07 bits per heavy atom. The van der Waals surface area contributed by atoms with Crippen molar-refractivity contribution in [2.24, 2.45) is 5.92 Å². The Kier molecular flexibility index (Phi) is 7.32. The molecule has 1 heterocycles. The van der Waals surface area contributed by atoms with E-state index in [0.717, 1.165) is 17.5 Å². The maximum atomic E-state index is 12.5. The fourth-order valence-corrected chi connectivity index (χ4v) is 3.17. The molecule has 0 unspecified atom stereocenters. The first-order valence-electron chi connectivity index (χ1n) is 9.90. The van der Waals surface area contributed by atoms with Crippen LogP contribution >= 0.6 is 0 Å². The Labute approximate surface area is 174 Å². The monoisotopic (exact) mass is 420 g/mol. The molecule has 0 aromatic heterocycles. The lowest BCUT2D eigenvalue weighted by atomic mass is 9.96. The molecule has 1 aliphatic heterocycles. The second-order valence-electron chi connectivity index (χ2n) is 7.33. The predicted molar refractivity (Wildman–Crippen MR) is 108 cm³/mol. The van der Waals surface area contributed by atoms with Gasteiger partial charge in [-0.3, -0.25) is 0 Å². The molecule has 1 aliphatic rings. The first-order chi connectivity index (χ1) is 14.4. The number of nitrogens with one attached hydrogen (secondary N) is 2. The summed E-state index contributed by atoms with van der Waals surface area (Å²) in [5, 5.41) is 5.78. The van der Waals surface area contributed by atoms with Gasteiger partial charge in [0.1, 0.15) is 5.75 Å². The van der Waals surface area contributed by atoms with Gasteiger partial charge in [0.2, 0.25) is 0 Å². The third-order valence-electron chi connectivity index (χ3n) is 4.69. The van der Waals surface area contributed by atoms with Gasteiger partial charge in [0, 0.05) is 13.0 Å². The molecule has 1 atom stereocenters. The summed E-state index contributed by atoms with van der Waals surface area (Å²) >= 11 is 0. The zero-order chi connectivity index (χ0) is 21.5. The van der Waals surface area contributed by atoms with Crippen molar-refractivity contribution in [3.63, 3.8) is 0 Å². The number of hydrogen-bond donors (Lipinski definition) is 2. The number of rotatable bonds is 7. The molecule has 0 radical (unpaired) electrons. The van der Waals surface area contributed by atoms with E-state index in [9.17, 15) is 13.6 Å². The highest BCUT2D eigenvalue weighted by Gasteiger charge is 2.21. The molecule has 8 heteroatoms.